The van der Waals surface area contributed by atoms with Crippen molar-refractivity contribution in [3.8, 4) is 22.8 Å². The van der Waals surface area contributed by atoms with Crippen molar-refractivity contribution in [1.29, 1.82) is 0 Å². The molecule has 0 saturated carbocycles. The molecule has 0 aliphatic carbocycles. The number of carbonyl (C=O) groups is 1. The second-order valence-electron chi connectivity index (χ2n) is 5.68. The van der Waals surface area contributed by atoms with E-state index in [1.807, 2.05) is 24.3 Å². The van der Waals surface area contributed by atoms with Crippen molar-refractivity contribution in [3.63, 3.8) is 0 Å². The van der Waals surface area contributed by atoms with E-state index in [-0.39, 0.29) is 10.9 Å². The molecule has 4 aromatic rings. The second kappa shape index (κ2) is 6.38. The quantitative estimate of drug-likeness (QED) is 0.501. The van der Waals surface area contributed by atoms with Crippen LogP contribution in [0.5, 0.6) is 0 Å². The standard InChI is InChI=1S/C20H11BrFNO3/c21-12-3-1-2-11(8-12)18-6-7-19(26-18)17-10-15(20(24)25)14-9-13(22)4-5-16(14)23-17/h1-10H,(H,24,25)/p-1. The zero-order valence-corrected chi connectivity index (χ0v) is 14.8. The maximum Gasteiger partial charge on any atom is 0.153 e. The SMILES string of the molecule is O=C([O-])c1cc(-c2ccc(-c3cccc(Br)c3)o2)nc2ccc(F)cc12. The van der Waals surface area contributed by atoms with Gasteiger partial charge in [-0.05, 0) is 48.5 Å². The van der Waals surface area contributed by atoms with Gasteiger partial charge in [-0.25, -0.2) is 9.37 Å². The van der Waals surface area contributed by atoms with E-state index in [0.717, 1.165) is 16.1 Å². The first kappa shape index (κ1) is 16.5. The van der Waals surface area contributed by atoms with Crippen LogP contribution in [-0.4, -0.2) is 11.0 Å². The second-order valence-corrected chi connectivity index (χ2v) is 6.59. The minimum absolute atomic E-state index is 0.134. The smallest absolute Gasteiger partial charge is 0.153 e. The topological polar surface area (TPSA) is 66.2 Å². The molecular formula is C20H10BrFNO3-. The number of carbonyl (C=O) groups excluding carboxylic acids is 1. The van der Waals surface area contributed by atoms with Gasteiger partial charge in [0.2, 0.25) is 0 Å². The van der Waals surface area contributed by atoms with Gasteiger partial charge in [0.05, 0.1) is 11.5 Å². The van der Waals surface area contributed by atoms with Crippen LogP contribution in [0.2, 0.25) is 0 Å². The first-order chi connectivity index (χ1) is 12.5. The molecule has 0 unspecified atom stereocenters. The van der Waals surface area contributed by atoms with Crippen molar-refractivity contribution in [1.82, 2.24) is 4.98 Å². The van der Waals surface area contributed by atoms with E-state index in [9.17, 15) is 14.3 Å². The van der Waals surface area contributed by atoms with Crippen LogP contribution in [-0.2, 0) is 0 Å². The van der Waals surface area contributed by atoms with Crippen molar-refractivity contribution in [2.45, 2.75) is 0 Å². The van der Waals surface area contributed by atoms with Gasteiger partial charge in [-0.1, -0.05) is 28.1 Å². The highest BCUT2D eigenvalue weighted by Gasteiger charge is 2.13. The molecule has 0 aliphatic heterocycles. The number of carboxylic acids is 1. The molecule has 2 aromatic carbocycles. The third-order valence-corrected chi connectivity index (χ3v) is 4.45. The molecule has 0 N–H and O–H groups in total. The molecule has 2 heterocycles. The predicted molar refractivity (Wildman–Crippen MR) is 96.9 cm³/mol. The Bertz CT molecular complexity index is 1150. The Morgan fingerprint density at radius 3 is 2.62 bits per heavy atom. The lowest BCUT2D eigenvalue weighted by Gasteiger charge is -2.09. The fourth-order valence-electron chi connectivity index (χ4n) is 2.77. The third kappa shape index (κ3) is 2.99. The minimum Gasteiger partial charge on any atom is -0.545 e. The largest absolute Gasteiger partial charge is 0.545 e. The van der Waals surface area contributed by atoms with Crippen LogP contribution in [0.3, 0.4) is 0 Å². The summed E-state index contributed by atoms with van der Waals surface area (Å²) in [7, 11) is 0. The summed E-state index contributed by atoms with van der Waals surface area (Å²) in [4.78, 5) is 15.9. The molecule has 0 saturated heterocycles. The average molecular weight is 411 g/mol. The van der Waals surface area contributed by atoms with Crippen molar-refractivity contribution in [2.24, 2.45) is 0 Å². The number of nitrogens with zero attached hydrogens (tertiary/aromatic N) is 1. The highest BCUT2D eigenvalue weighted by atomic mass is 79.9. The Balaban J connectivity index is 1.85. The Kier molecular flexibility index (Phi) is 4.05. The summed E-state index contributed by atoms with van der Waals surface area (Å²) < 4.78 is 20.2. The van der Waals surface area contributed by atoms with E-state index < -0.39 is 11.8 Å². The third-order valence-electron chi connectivity index (χ3n) is 3.96. The maximum atomic E-state index is 13.5. The number of benzene rings is 2. The number of hydrogen-bond donors (Lipinski definition) is 0. The molecule has 26 heavy (non-hydrogen) atoms. The number of rotatable bonds is 3. The molecule has 0 atom stereocenters. The Labute approximate surface area is 156 Å². The monoisotopic (exact) mass is 410 g/mol. The lowest BCUT2D eigenvalue weighted by atomic mass is 10.1. The van der Waals surface area contributed by atoms with E-state index in [4.69, 9.17) is 4.42 Å². The number of aromatic nitrogens is 1. The molecule has 128 valence electrons. The normalized spacial score (nSPS) is 11.0. The van der Waals surface area contributed by atoms with Gasteiger partial charge < -0.3 is 14.3 Å². The first-order valence-corrected chi connectivity index (χ1v) is 8.48. The maximum absolute atomic E-state index is 13.5. The molecule has 0 radical (unpaired) electrons. The molecule has 0 spiro atoms. The van der Waals surface area contributed by atoms with Gasteiger partial charge in [-0.3, -0.25) is 0 Å². The highest BCUT2D eigenvalue weighted by Crippen LogP contribution is 2.31. The van der Waals surface area contributed by atoms with Crippen molar-refractivity contribution in [2.75, 3.05) is 0 Å². The summed E-state index contributed by atoms with van der Waals surface area (Å²) in [5.74, 6) is -0.904. The summed E-state index contributed by atoms with van der Waals surface area (Å²) >= 11 is 3.41. The molecule has 0 fully saturated rings. The Morgan fingerprint density at radius 1 is 1.04 bits per heavy atom. The molecule has 0 aliphatic rings. The number of halogens is 2. The number of aromatic carboxylic acids is 1. The predicted octanol–water partition coefficient (Wildman–Crippen LogP) is 4.43. The first-order valence-electron chi connectivity index (χ1n) is 7.69. The molecule has 4 nitrogen and oxygen atoms in total. The van der Waals surface area contributed by atoms with Crippen molar-refractivity contribution >= 4 is 32.8 Å². The summed E-state index contributed by atoms with van der Waals surface area (Å²) in [5, 5.41) is 11.7. The zero-order chi connectivity index (χ0) is 18.3. The van der Waals surface area contributed by atoms with E-state index in [1.54, 1.807) is 12.1 Å². The van der Waals surface area contributed by atoms with Crippen LogP contribution in [0, 0.1) is 5.82 Å². The fourth-order valence-corrected chi connectivity index (χ4v) is 3.16. The van der Waals surface area contributed by atoms with Crippen LogP contribution >= 0.6 is 15.9 Å². The number of carboxylic acid groups (broad SMARTS) is 1. The Hall–Kier alpha value is -2.99. The van der Waals surface area contributed by atoms with E-state index in [2.05, 4.69) is 20.9 Å². The molecule has 6 heteroatoms. The van der Waals surface area contributed by atoms with Gasteiger partial charge in [0.15, 0.2) is 5.76 Å². The molecule has 2 aromatic heterocycles. The highest BCUT2D eigenvalue weighted by molar-refractivity contribution is 9.10. The molecule has 0 bridgehead atoms. The van der Waals surface area contributed by atoms with Gasteiger partial charge in [-0.2, -0.15) is 0 Å². The van der Waals surface area contributed by atoms with E-state index >= 15 is 0 Å². The number of pyridine rings is 1. The van der Waals surface area contributed by atoms with Crippen LogP contribution in [0.4, 0.5) is 4.39 Å². The summed E-state index contributed by atoms with van der Waals surface area (Å²) in [5.41, 5.74) is 1.42. The van der Waals surface area contributed by atoms with E-state index in [1.165, 1.54) is 18.2 Å². The van der Waals surface area contributed by atoms with Gasteiger partial charge >= 0.3 is 0 Å². The summed E-state index contributed by atoms with van der Waals surface area (Å²) in [6.07, 6.45) is 0. The van der Waals surface area contributed by atoms with Gasteiger partial charge in [0.25, 0.3) is 0 Å². The summed E-state index contributed by atoms with van der Waals surface area (Å²) in [6.45, 7) is 0. The van der Waals surface area contributed by atoms with Gasteiger partial charge in [-0.15, -0.1) is 0 Å². The van der Waals surface area contributed by atoms with Crippen LogP contribution < -0.4 is 5.11 Å². The van der Waals surface area contributed by atoms with Crippen molar-refractivity contribution < 1.29 is 18.7 Å². The number of fused-ring (bicyclic) bond motifs is 1. The zero-order valence-electron chi connectivity index (χ0n) is 13.2. The number of furan rings is 1. The average Bonchev–Trinajstić information content (AvgIpc) is 3.11. The molecule has 4 rings (SSSR count). The van der Waals surface area contributed by atoms with Crippen LogP contribution in [0.15, 0.2) is 69.6 Å². The van der Waals surface area contributed by atoms with Crippen LogP contribution in [0.1, 0.15) is 10.4 Å². The minimum atomic E-state index is -1.40. The van der Waals surface area contributed by atoms with Gasteiger partial charge in [0.1, 0.15) is 17.3 Å². The Morgan fingerprint density at radius 2 is 1.85 bits per heavy atom. The number of hydrogen-bond acceptors (Lipinski definition) is 4. The summed E-state index contributed by atoms with van der Waals surface area (Å²) in [6, 6.07) is 16.2. The molecular weight excluding hydrogens is 401 g/mol. The van der Waals surface area contributed by atoms with Gasteiger partial charge in [0, 0.05) is 21.0 Å². The fraction of sp³-hybridized carbons (Fsp3) is 0. The lowest BCUT2D eigenvalue weighted by Crippen LogP contribution is -2.22. The van der Waals surface area contributed by atoms with Crippen molar-refractivity contribution in [3.05, 3.63) is 76.5 Å². The van der Waals surface area contributed by atoms with E-state index in [0.29, 0.717) is 22.7 Å². The van der Waals surface area contributed by atoms with Crippen LogP contribution in [0.25, 0.3) is 33.7 Å². The lowest BCUT2D eigenvalue weighted by molar-refractivity contribution is -0.254. The molecule has 0 amide bonds.